The van der Waals surface area contributed by atoms with E-state index >= 15 is 0 Å². The van der Waals surface area contributed by atoms with Crippen LogP contribution in [-0.2, 0) is 16.8 Å². The van der Waals surface area contributed by atoms with E-state index in [0.717, 1.165) is 16.2 Å². The van der Waals surface area contributed by atoms with Gasteiger partial charge in [-0.15, -0.1) is 0 Å². The molecule has 0 aliphatic carbocycles. The van der Waals surface area contributed by atoms with Gasteiger partial charge in [-0.25, -0.2) is 9.69 Å². The van der Waals surface area contributed by atoms with Crippen molar-refractivity contribution in [2.75, 3.05) is 11.4 Å². The molecule has 3 fully saturated rings. The molecule has 4 amide bonds. The summed E-state index contributed by atoms with van der Waals surface area (Å²) in [5, 5.41) is 14.3. The number of hydrogen-bond acceptors (Lipinski definition) is 5. The first-order valence-corrected chi connectivity index (χ1v) is 13.7. The molecule has 3 aliphatic heterocycles. The third kappa shape index (κ3) is 3.89. The van der Waals surface area contributed by atoms with Gasteiger partial charge in [0.25, 0.3) is 11.8 Å². The number of carbonyl (C=O) groups excluding carboxylic acids is 3. The van der Waals surface area contributed by atoms with Crippen molar-refractivity contribution in [3.05, 3.63) is 81.6 Å². The van der Waals surface area contributed by atoms with E-state index in [1.807, 2.05) is 42.5 Å². The highest BCUT2D eigenvalue weighted by Gasteiger charge is 2.63. The maximum atomic E-state index is 14.1. The predicted molar refractivity (Wildman–Crippen MR) is 149 cm³/mol. The number of hydrogen-bond donors (Lipinski definition) is 0. The molecule has 1 aromatic heterocycles. The molecule has 0 N–H and O–H groups in total. The topological polar surface area (TPSA) is 103 Å². The summed E-state index contributed by atoms with van der Waals surface area (Å²) >= 11 is 6.36. The Labute approximate surface area is 237 Å². The number of piperazine rings is 1. The van der Waals surface area contributed by atoms with E-state index in [1.165, 1.54) is 6.07 Å². The number of imide groups is 1. The third-order valence-corrected chi connectivity index (χ3v) is 8.67. The minimum absolute atomic E-state index is 0.192. The van der Waals surface area contributed by atoms with Crippen LogP contribution < -0.4 is 4.90 Å². The molecule has 10 heteroatoms. The molecule has 0 radical (unpaired) electrons. The zero-order chi connectivity index (χ0) is 28.5. The highest BCUT2D eigenvalue weighted by Crippen LogP contribution is 2.44. The molecule has 3 aromatic rings. The van der Waals surface area contributed by atoms with Gasteiger partial charge >= 0.3 is 6.03 Å². The van der Waals surface area contributed by atoms with Gasteiger partial charge in [-0.3, -0.25) is 14.3 Å². The maximum absolute atomic E-state index is 14.1. The number of benzene rings is 2. The number of amides is 4. The maximum Gasteiger partial charge on any atom is 0.332 e. The van der Waals surface area contributed by atoms with Crippen molar-refractivity contribution in [3.8, 4) is 6.07 Å². The minimum atomic E-state index is -0.767. The van der Waals surface area contributed by atoms with E-state index in [4.69, 9.17) is 16.7 Å². The molecule has 3 atom stereocenters. The lowest BCUT2D eigenvalue weighted by atomic mass is 9.92. The Morgan fingerprint density at radius 3 is 2.55 bits per heavy atom. The summed E-state index contributed by atoms with van der Waals surface area (Å²) in [7, 11) is 0. The van der Waals surface area contributed by atoms with Crippen LogP contribution in [0.5, 0.6) is 0 Å². The van der Waals surface area contributed by atoms with E-state index in [0.29, 0.717) is 36.5 Å². The number of fused-ring (bicyclic) bond motifs is 5. The zero-order valence-corrected chi connectivity index (χ0v) is 23.5. The van der Waals surface area contributed by atoms with Crippen LogP contribution in [0.15, 0.2) is 48.5 Å². The Bertz CT molecular complexity index is 1600. The quantitative estimate of drug-likeness (QED) is 0.440. The first-order chi connectivity index (χ1) is 19.0. The molecule has 1 unspecified atom stereocenters. The summed E-state index contributed by atoms with van der Waals surface area (Å²) in [6.07, 6.45) is 0.549. The van der Waals surface area contributed by atoms with Crippen molar-refractivity contribution in [1.29, 1.82) is 5.26 Å². The average molecular weight is 557 g/mol. The number of carbonyl (C=O) groups is 3. The summed E-state index contributed by atoms with van der Waals surface area (Å²) in [5.74, 6) is -0.575. The van der Waals surface area contributed by atoms with Crippen molar-refractivity contribution >= 4 is 35.1 Å². The Hall–Kier alpha value is -4.16. The van der Waals surface area contributed by atoms with Crippen molar-refractivity contribution in [2.45, 2.75) is 64.2 Å². The molecule has 9 nitrogen and oxygen atoms in total. The molecule has 2 aromatic carbocycles. The number of halogens is 1. The molecule has 3 saturated heterocycles. The third-order valence-electron chi connectivity index (χ3n) is 8.19. The molecule has 3 aliphatic rings. The standard InChI is InChI=1S/C30H29ClN6O3/c1-17-21(11-10-19(14-32)25(17)31)37-28(39)26-22-12-20(36(26)29(37)40)16-34(22)27(38)23-13-24(30(2,3)4)33-35(23)15-18-8-6-5-7-9-18/h5-11,13,20,22,26H,12,15-16H2,1-4H3/t20-,22?,26-/m1/s1. The first-order valence-electron chi connectivity index (χ1n) is 13.3. The Morgan fingerprint density at radius 2 is 1.88 bits per heavy atom. The lowest BCUT2D eigenvalue weighted by molar-refractivity contribution is -0.121. The van der Waals surface area contributed by atoms with Crippen LogP contribution >= 0.6 is 11.6 Å². The van der Waals surface area contributed by atoms with Gasteiger partial charge in [-0.2, -0.15) is 10.4 Å². The van der Waals surface area contributed by atoms with Crippen LogP contribution in [0.2, 0.25) is 5.02 Å². The second-order valence-electron chi connectivity index (χ2n) is 11.7. The van der Waals surface area contributed by atoms with E-state index in [-0.39, 0.29) is 33.9 Å². The lowest BCUT2D eigenvalue weighted by Crippen LogP contribution is -2.55. The van der Waals surface area contributed by atoms with Gasteiger partial charge in [0.05, 0.1) is 40.6 Å². The molecular weight excluding hydrogens is 528 g/mol. The highest BCUT2D eigenvalue weighted by molar-refractivity contribution is 6.33. The first kappa shape index (κ1) is 26.1. The normalized spacial score (nSPS) is 21.8. The van der Waals surface area contributed by atoms with Gasteiger partial charge < -0.3 is 9.80 Å². The molecule has 6 rings (SSSR count). The molecule has 40 heavy (non-hydrogen) atoms. The fraction of sp³-hybridized carbons (Fsp3) is 0.367. The summed E-state index contributed by atoms with van der Waals surface area (Å²) < 4.78 is 1.75. The Balaban J connectivity index is 1.32. The van der Waals surface area contributed by atoms with Gasteiger partial charge in [0.15, 0.2) is 0 Å². The van der Waals surface area contributed by atoms with E-state index in [9.17, 15) is 19.6 Å². The van der Waals surface area contributed by atoms with Crippen LogP contribution in [0.25, 0.3) is 0 Å². The Morgan fingerprint density at radius 1 is 1.15 bits per heavy atom. The summed E-state index contributed by atoms with van der Waals surface area (Å²) in [4.78, 5) is 45.9. The van der Waals surface area contributed by atoms with Crippen LogP contribution in [0.3, 0.4) is 0 Å². The van der Waals surface area contributed by atoms with E-state index in [1.54, 1.807) is 27.5 Å². The van der Waals surface area contributed by atoms with Gasteiger partial charge in [-0.1, -0.05) is 62.7 Å². The minimum Gasteiger partial charge on any atom is -0.330 e. The number of rotatable bonds is 4. The number of nitrogens with zero attached hydrogens (tertiary/aromatic N) is 6. The van der Waals surface area contributed by atoms with Crippen LogP contribution in [0.1, 0.15) is 60.1 Å². The number of likely N-dealkylation sites (tertiary alicyclic amines) is 1. The van der Waals surface area contributed by atoms with E-state index in [2.05, 4.69) is 20.8 Å². The molecule has 0 spiro atoms. The molecule has 0 saturated carbocycles. The molecular formula is C30H29ClN6O3. The van der Waals surface area contributed by atoms with Gasteiger partial charge in [0.2, 0.25) is 0 Å². The second-order valence-corrected chi connectivity index (χ2v) is 12.1. The van der Waals surface area contributed by atoms with E-state index < -0.39 is 18.1 Å². The van der Waals surface area contributed by atoms with Crippen molar-refractivity contribution in [2.24, 2.45) is 0 Å². The Kier molecular flexibility index (Phi) is 6.00. The van der Waals surface area contributed by atoms with Crippen molar-refractivity contribution in [3.63, 3.8) is 0 Å². The van der Waals surface area contributed by atoms with Crippen LogP contribution in [0, 0.1) is 18.3 Å². The average Bonchev–Trinajstić information content (AvgIpc) is 3.68. The highest BCUT2D eigenvalue weighted by atomic mass is 35.5. The lowest BCUT2D eigenvalue weighted by Gasteiger charge is -2.34. The van der Waals surface area contributed by atoms with Gasteiger partial charge in [0, 0.05) is 12.0 Å². The molecule has 4 heterocycles. The van der Waals surface area contributed by atoms with Gasteiger partial charge in [-0.05, 0) is 42.7 Å². The predicted octanol–water partition coefficient (Wildman–Crippen LogP) is 4.50. The van der Waals surface area contributed by atoms with Crippen LogP contribution in [0.4, 0.5) is 10.5 Å². The summed E-state index contributed by atoms with van der Waals surface area (Å²) in [6.45, 7) is 8.65. The summed E-state index contributed by atoms with van der Waals surface area (Å²) in [5.41, 5.74) is 3.18. The number of anilines is 1. The molecule has 204 valence electrons. The van der Waals surface area contributed by atoms with Crippen molar-refractivity contribution in [1.82, 2.24) is 19.6 Å². The number of nitriles is 1. The largest absolute Gasteiger partial charge is 0.332 e. The monoisotopic (exact) mass is 556 g/mol. The van der Waals surface area contributed by atoms with Gasteiger partial charge in [0.1, 0.15) is 17.8 Å². The zero-order valence-electron chi connectivity index (χ0n) is 22.8. The fourth-order valence-corrected chi connectivity index (χ4v) is 6.30. The molecule has 2 bridgehead atoms. The number of aromatic nitrogens is 2. The van der Waals surface area contributed by atoms with Crippen molar-refractivity contribution < 1.29 is 14.4 Å². The second kappa shape index (κ2) is 9.20. The number of urea groups is 1. The smallest absolute Gasteiger partial charge is 0.330 e. The SMILES string of the molecule is Cc1c(N2C(=O)[C@H]3C4C[C@H](CN4C(=O)c4cc(C(C)(C)C)nn4Cc4ccccc4)N3C2=O)ccc(C#N)c1Cl. The fourth-order valence-electron chi connectivity index (χ4n) is 6.10. The summed E-state index contributed by atoms with van der Waals surface area (Å²) in [6, 6.07) is 14.9. The van der Waals surface area contributed by atoms with Crippen LogP contribution in [-0.4, -0.2) is 62.1 Å².